The number of rotatable bonds is 2. The summed E-state index contributed by atoms with van der Waals surface area (Å²) in [4.78, 5) is 9.95. The number of benzene rings is 5. The molecule has 1 aliphatic heterocycles. The maximum Gasteiger partial charge on any atom is 0.175 e. The molecular formula is C32H20N3OP. The zero-order valence-corrected chi connectivity index (χ0v) is 20.6. The second-order valence-electron chi connectivity index (χ2n) is 9.39. The van der Waals surface area contributed by atoms with Crippen LogP contribution in [0.5, 0.6) is 0 Å². The van der Waals surface area contributed by atoms with E-state index in [2.05, 4.69) is 41.0 Å². The predicted molar refractivity (Wildman–Crippen MR) is 152 cm³/mol. The van der Waals surface area contributed by atoms with Gasteiger partial charge in [0.05, 0.1) is 22.2 Å². The van der Waals surface area contributed by atoms with E-state index >= 15 is 4.57 Å². The van der Waals surface area contributed by atoms with Crippen molar-refractivity contribution in [1.29, 1.82) is 0 Å². The van der Waals surface area contributed by atoms with Crippen molar-refractivity contribution in [2.75, 3.05) is 0 Å². The molecule has 1 atom stereocenters. The molecule has 2 aromatic heterocycles. The highest BCUT2D eigenvalue weighted by atomic mass is 31.2. The van der Waals surface area contributed by atoms with E-state index in [4.69, 9.17) is 9.97 Å². The van der Waals surface area contributed by atoms with Crippen LogP contribution in [-0.4, -0.2) is 14.5 Å². The molecule has 0 saturated carbocycles. The van der Waals surface area contributed by atoms with E-state index in [9.17, 15) is 0 Å². The standard InChI is InChI=1S/C32H20N3OP/c36-37(22-11-2-1-3-12-22)28-17-7-6-16-27(28)35-31-26(15-8-18-29(31)37)34-32(35)25-20-21-10-4-5-13-23(21)30-24(25)14-9-19-33-30/h1-20H. The van der Waals surface area contributed by atoms with E-state index in [1.54, 1.807) is 0 Å². The summed E-state index contributed by atoms with van der Waals surface area (Å²) in [6, 6.07) is 38.5. The van der Waals surface area contributed by atoms with Crippen LogP contribution in [0.1, 0.15) is 0 Å². The van der Waals surface area contributed by atoms with Gasteiger partial charge in [-0.2, -0.15) is 0 Å². The van der Waals surface area contributed by atoms with E-state index in [1.807, 2.05) is 85.1 Å². The Morgan fingerprint density at radius 3 is 2.35 bits per heavy atom. The molecule has 3 heterocycles. The highest BCUT2D eigenvalue weighted by Gasteiger charge is 2.39. The van der Waals surface area contributed by atoms with Crippen molar-refractivity contribution in [3.05, 3.63) is 121 Å². The molecule has 4 nitrogen and oxygen atoms in total. The number of pyridine rings is 1. The fraction of sp³-hybridized carbons (Fsp3) is 0. The molecule has 5 heteroatoms. The average Bonchev–Trinajstić information content (AvgIpc) is 3.36. The lowest BCUT2D eigenvalue weighted by Gasteiger charge is -2.29. The van der Waals surface area contributed by atoms with Crippen LogP contribution in [0.3, 0.4) is 0 Å². The van der Waals surface area contributed by atoms with Crippen molar-refractivity contribution in [3.8, 4) is 17.1 Å². The Morgan fingerprint density at radius 1 is 0.676 bits per heavy atom. The fourth-order valence-corrected chi connectivity index (χ4v) is 8.85. The molecule has 174 valence electrons. The van der Waals surface area contributed by atoms with Gasteiger partial charge in [-0.3, -0.25) is 9.55 Å². The molecule has 1 unspecified atom stereocenters. The highest BCUT2D eigenvalue weighted by molar-refractivity contribution is 7.86. The van der Waals surface area contributed by atoms with Gasteiger partial charge >= 0.3 is 0 Å². The van der Waals surface area contributed by atoms with Crippen LogP contribution in [-0.2, 0) is 4.57 Å². The molecule has 0 N–H and O–H groups in total. The lowest BCUT2D eigenvalue weighted by atomic mass is 10.00. The van der Waals surface area contributed by atoms with Crippen LogP contribution in [0.15, 0.2) is 121 Å². The summed E-state index contributed by atoms with van der Waals surface area (Å²) in [5.41, 5.74) is 4.62. The fourth-order valence-electron chi connectivity index (χ4n) is 5.84. The Kier molecular flexibility index (Phi) is 4.18. The Balaban J connectivity index is 1.55. The zero-order chi connectivity index (χ0) is 24.6. The van der Waals surface area contributed by atoms with Crippen molar-refractivity contribution in [2.24, 2.45) is 0 Å². The van der Waals surface area contributed by atoms with Crippen LogP contribution in [0, 0.1) is 0 Å². The first-order valence-electron chi connectivity index (χ1n) is 12.3. The number of hydrogen-bond donors (Lipinski definition) is 0. The summed E-state index contributed by atoms with van der Waals surface area (Å²) in [7, 11) is -3.10. The highest BCUT2D eigenvalue weighted by Crippen LogP contribution is 2.50. The third kappa shape index (κ3) is 2.71. The molecule has 1 aliphatic rings. The summed E-state index contributed by atoms with van der Waals surface area (Å²) in [5, 5.41) is 5.78. The van der Waals surface area contributed by atoms with Gasteiger partial charge in [-0.1, -0.05) is 78.9 Å². The molecule has 8 rings (SSSR count). The van der Waals surface area contributed by atoms with E-state index in [1.165, 1.54) is 0 Å². The Morgan fingerprint density at radius 2 is 1.43 bits per heavy atom. The van der Waals surface area contributed by atoms with Gasteiger partial charge in [0, 0.05) is 38.4 Å². The van der Waals surface area contributed by atoms with Gasteiger partial charge in [0.15, 0.2) is 7.14 Å². The summed E-state index contributed by atoms with van der Waals surface area (Å²) < 4.78 is 17.4. The topological polar surface area (TPSA) is 47.8 Å². The molecule has 0 fully saturated rings. The maximum absolute atomic E-state index is 15.1. The first-order valence-corrected chi connectivity index (χ1v) is 14.0. The smallest absolute Gasteiger partial charge is 0.175 e. The molecule has 0 bridgehead atoms. The minimum absolute atomic E-state index is 0.830. The molecule has 0 amide bonds. The lowest BCUT2D eigenvalue weighted by Crippen LogP contribution is -2.32. The molecule has 0 spiro atoms. The van der Waals surface area contributed by atoms with Gasteiger partial charge in [0.2, 0.25) is 0 Å². The van der Waals surface area contributed by atoms with Gasteiger partial charge in [0.25, 0.3) is 0 Å². The van der Waals surface area contributed by atoms with Crippen LogP contribution in [0.25, 0.3) is 49.8 Å². The first kappa shape index (κ1) is 20.6. The van der Waals surface area contributed by atoms with E-state index < -0.39 is 7.14 Å². The lowest BCUT2D eigenvalue weighted by molar-refractivity contribution is 0.592. The van der Waals surface area contributed by atoms with Gasteiger partial charge in [0.1, 0.15) is 5.82 Å². The maximum atomic E-state index is 15.1. The van der Waals surface area contributed by atoms with Crippen LogP contribution in [0.2, 0.25) is 0 Å². The summed E-state index contributed by atoms with van der Waals surface area (Å²) in [6.45, 7) is 0. The van der Waals surface area contributed by atoms with Crippen molar-refractivity contribution >= 4 is 55.8 Å². The molecule has 0 saturated heterocycles. The Hall–Kier alpha value is -4.53. The second kappa shape index (κ2) is 7.49. The summed E-state index contributed by atoms with van der Waals surface area (Å²) in [5.74, 6) is 0.831. The van der Waals surface area contributed by atoms with Crippen molar-refractivity contribution in [1.82, 2.24) is 14.5 Å². The van der Waals surface area contributed by atoms with Gasteiger partial charge in [-0.05, 0) is 41.8 Å². The normalized spacial score (nSPS) is 16.3. The second-order valence-corrected chi connectivity index (χ2v) is 12.1. The monoisotopic (exact) mass is 493 g/mol. The molecular weight excluding hydrogens is 473 g/mol. The molecule has 0 radical (unpaired) electrons. The minimum Gasteiger partial charge on any atom is -0.308 e. The molecule has 37 heavy (non-hydrogen) atoms. The van der Waals surface area contributed by atoms with Crippen LogP contribution in [0.4, 0.5) is 0 Å². The zero-order valence-electron chi connectivity index (χ0n) is 19.7. The number of fused-ring (bicyclic) bond motifs is 5. The quantitative estimate of drug-likeness (QED) is 0.208. The number of hydrogen-bond acceptors (Lipinski definition) is 3. The first-order chi connectivity index (χ1) is 18.2. The van der Waals surface area contributed by atoms with Gasteiger partial charge < -0.3 is 4.57 Å². The van der Waals surface area contributed by atoms with Crippen LogP contribution < -0.4 is 15.9 Å². The third-order valence-electron chi connectivity index (χ3n) is 7.43. The largest absolute Gasteiger partial charge is 0.308 e. The Labute approximate surface area is 213 Å². The van der Waals surface area contributed by atoms with E-state index in [-0.39, 0.29) is 0 Å². The summed E-state index contributed by atoms with van der Waals surface area (Å²) in [6.07, 6.45) is 1.84. The third-order valence-corrected chi connectivity index (χ3v) is 10.6. The Bertz CT molecular complexity index is 2080. The van der Waals surface area contributed by atoms with E-state index in [0.717, 1.165) is 65.7 Å². The molecule has 0 aliphatic carbocycles. The predicted octanol–water partition coefficient (Wildman–Crippen LogP) is 6.35. The van der Waals surface area contributed by atoms with Gasteiger partial charge in [-0.15, -0.1) is 0 Å². The SMILES string of the molecule is O=P1(c2ccccc2)c2ccccc2-n2c(-c3cc4ccccc4c4ncccc34)nc3cccc1c32. The average molecular weight is 494 g/mol. The molecule has 7 aromatic rings. The summed E-state index contributed by atoms with van der Waals surface area (Å²) >= 11 is 0. The van der Waals surface area contributed by atoms with Gasteiger partial charge in [-0.25, -0.2) is 4.98 Å². The van der Waals surface area contributed by atoms with Crippen LogP contribution >= 0.6 is 7.14 Å². The van der Waals surface area contributed by atoms with E-state index in [0.29, 0.717) is 0 Å². The minimum atomic E-state index is -3.10. The molecule has 5 aromatic carbocycles. The number of para-hydroxylation sites is 2. The van der Waals surface area contributed by atoms with Crippen molar-refractivity contribution in [2.45, 2.75) is 0 Å². The van der Waals surface area contributed by atoms with Crippen molar-refractivity contribution in [3.63, 3.8) is 0 Å². The number of imidazole rings is 1. The number of aromatic nitrogens is 3. The van der Waals surface area contributed by atoms with Crippen molar-refractivity contribution < 1.29 is 4.57 Å². The number of nitrogens with zero attached hydrogens (tertiary/aromatic N) is 3.